The molecule has 0 aliphatic heterocycles. The summed E-state index contributed by atoms with van der Waals surface area (Å²) >= 11 is 0. The molecule has 5 heteroatoms. The quantitative estimate of drug-likeness (QED) is 0.470. The molecule has 0 atom stereocenters. The minimum Gasteiger partial charge on any atom is -0.463 e. The summed E-state index contributed by atoms with van der Waals surface area (Å²) in [6.07, 6.45) is 4.58. The number of carbonyl (C=O) groups is 1. The third-order valence-corrected chi connectivity index (χ3v) is 3.49. The van der Waals surface area contributed by atoms with Crippen LogP contribution in [-0.4, -0.2) is 46.1 Å². The summed E-state index contributed by atoms with van der Waals surface area (Å²) in [4.78, 5) is 11.6. The molecule has 1 fully saturated rings. The van der Waals surface area contributed by atoms with Gasteiger partial charge in [0.25, 0.3) is 0 Å². The van der Waals surface area contributed by atoms with E-state index in [4.69, 9.17) is 19.9 Å². The van der Waals surface area contributed by atoms with Gasteiger partial charge in [0.15, 0.2) is 0 Å². The molecule has 18 heavy (non-hydrogen) atoms. The van der Waals surface area contributed by atoms with Crippen molar-refractivity contribution in [2.24, 2.45) is 11.1 Å². The molecule has 0 unspecified atom stereocenters. The molecule has 0 bridgehead atoms. The highest BCUT2D eigenvalue weighted by Gasteiger charge is 2.37. The molecule has 106 valence electrons. The molecule has 0 aromatic heterocycles. The predicted molar refractivity (Wildman–Crippen MR) is 68.2 cm³/mol. The molecule has 1 rings (SSSR count). The zero-order valence-electron chi connectivity index (χ0n) is 11.3. The molecule has 0 heterocycles. The summed E-state index contributed by atoms with van der Waals surface area (Å²) in [5.41, 5.74) is 5.72. The third-order valence-electron chi connectivity index (χ3n) is 3.49. The SMILES string of the molecule is COCCCOCCOC(=O)CC1(CN)CCC1. The van der Waals surface area contributed by atoms with Gasteiger partial charge >= 0.3 is 5.97 Å². The van der Waals surface area contributed by atoms with Crippen LogP contribution in [0.5, 0.6) is 0 Å². The van der Waals surface area contributed by atoms with Crippen LogP contribution in [0.3, 0.4) is 0 Å². The first-order chi connectivity index (χ1) is 8.72. The topological polar surface area (TPSA) is 70.8 Å². The molecular formula is C13H25NO4. The number of nitrogens with two attached hydrogens (primary N) is 1. The Morgan fingerprint density at radius 3 is 2.56 bits per heavy atom. The summed E-state index contributed by atoms with van der Waals surface area (Å²) in [5.74, 6) is -0.152. The fourth-order valence-electron chi connectivity index (χ4n) is 2.11. The Bertz CT molecular complexity index is 236. The zero-order chi connectivity index (χ0) is 13.3. The van der Waals surface area contributed by atoms with E-state index in [-0.39, 0.29) is 11.4 Å². The summed E-state index contributed by atoms with van der Waals surface area (Å²) in [7, 11) is 1.66. The Hall–Kier alpha value is -0.650. The van der Waals surface area contributed by atoms with Crippen LogP contribution >= 0.6 is 0 Å². The van der Waals surface area contributed by atoms with Gasteiger partial charge in [0, 0.05) is 20.3 Å². The van der Waals surface area contributed by atoms with Gasteiger partial charge in [-0.2, -0.15) is 0 Å². The van der Waals surface area contributed by atoms with E-state index in [0.29, 0.717) is 39.4 Å². The maximum atomic E-state index is 11.6. The van der Waals surface area contributed by atoms with E-state index in [2.05, 4.69) is 0 Å². The zero-order valence-corrected chi connectivity index (χ0v) is 11.3. The lowest BCUT2D eigenvalue weighted by Gasteiger charge is -2.40. The van der Waals surface area contributed by atoms with Crippen molar-refractivity contribution in [2.45, 2.75) is 32.1 Å². The lowest BCUT2D eigenvalue weighted by molar-refractivity contribution is -0.149. The van der Waals surface area contributed by atoms with Crippen molar-refractivity contribution in [1.82, 2.24) is 0 Å². The Morgan fingerprint density at radius 2 is 2.00 bits per heavy atom. The highest BCUT2D eigenvalue weighted by molar-refractivity contribution is 5.70. The van der Waals surface area contributed by atoms with E-state index in [0.717, 1.165) is 19.3 Å². The molecule has 5 nitrogen and oxygen atoms in total. The maximum Gasteiger partial charge on any atom is 0.306 e. The normalized spacial score (nSPS) is 17.2. The Morgan fingerprint density at radius 1 is 1.22 bits per heavy atom. The highest BCUT2D eigenvalue weighted by atomic mass is 16.6. The fourth-order valence-corrected chi connectivity index (χ4v) is 2.11. The molecule has 0 spiro atoms. The largest absolute Gasteiger partial charge is 0.463 e. The Kier molecular flexibility index (Phi) is 7.23. The van der Waals surface area contributed by atoms with Gasteiger partial charge in [0.05, 0.1) is 13.0 Å². The van der Waals surface area contributed by atoms with Crippen molar-refractivity contribution in [3.63, 3.8) is 0 Å². The average Bonchev–Trinajstić information content (AvgIpc) is 2.33. The molecule has 0 saturated heterocycles. The number of hydrogen-bond donors (Lipinski definition) is 1. The first-order valence-corrected chi connectivity index (χ1v) is 6.65. The van der Waals surface area contributed by atoms with Crippen LogP contribution in [0, 0.1) is 5.41 Å². The molecule has 0 aromatic rings. The van der Waals surface area contributed by atoms with Crippen LogP contribution in [0.4, 0.5) is 0 Å². The number of rotatable bonds is 10. The summed E-state index contributed by atoms with van der Waals surface area (Å²) in [6.45, 7) is 2.68. The van der Waals surface area contributed by atoms with Crippen LogP contribution in [0.15, 0.2) is 0 Å². The number of carbonyl (C=O) groups excluding carboxylic acids is 1. The van der Waals surface area contributed by atoms with E-state index in [9.17, 15) is 4.79 Å². The average molecular weight is 259 g/mol. The van der Waals surface area contributed by atoms with Crippen LogP contribution in [0.2, 0.25) is 0 Å². The van der Waals surface area contributed by atoms with E-state index < -0.39 is 0 Å². The van der Waals surface area contributed by atoms with Crippen molar-refractivity contribution >= 4 is 5.97 Å². The Labute approximate surface area is 109 Å². The number of hydrogen-bond acceptors (Lipinski definition) is 5. The minimum absolute atomic E-state index is 0.0242. The molecule has 1 aliphatic carbocycles. The van der Waals surface area contributed by atoms with Crippen LogP contribution < -0.4 is 5.73 Å². The lowest BCUT2D eigenvalue weighted by Crippen LogP contribution is -2.39. The highest BCUT2D eigenvalue weighted by Crippen LogP contribution is 2.43. The van der Waals surface area contributed by atoms with E-state index in [1.165, 1.54) is 6.42 Å². The molecule has 1 aliphatic rings. The predicted octanol–water partition coefficient (Wildman–Crippen LogP) is 1.10. The monoisotopic (exact) mass is 259 g/mol. The molecule has 0 amide bonds. The van der Waals surface area contributed by atoms with Gasteiger partial charge < -0.3 is 19.9 Å². The van der Waals surface area contributed by atoms with Crippen molar-refractivity contribution in [2.75, 3.05) is 40.1 Å². The van der Waals surface area contributed by atoms with Gasteiger partial charge in [-0.15, -0.1) is 0 Å². The molecule has 0 aromatic carbocycles. The number of esters is 1. The number of methoxy groups -OCH3 is 1. The summed E-state index contributed by atoms with van der Waals surface area (Å²) in [5, 5.41) is 0. The van der Waals surface area contributed by atoms with Crippen molar-refractivity contribution in [3.05, 3.63) is 0 Å². The second-order valence-electron chi connectivity index (χ2n) is 4.91. The van der Waals surface area contributed by atoms with Crippen LogP contribution in [0.25, 0.3) is 0 Å². The summed E-state index contributed by atoms with van der Waals surface area (Å²) < 4.78 is 15.3. The van der Waals surface area contributed by atoms with E-state index in [1.807, 2.05) is 0 Å². The smallest absolute Gasteiger partial charge is 0.306 e. The van der Waals surface area contributed by atoms with Crippen molar-refractivity contribution < 1.29 is 19.0 Å². The van der Waals surface area contributed by atoms with E-state index >= 15 is 0 Å². The van der Waals surface area contributed by atoms with Gasteiger partial charge in [0.1, 0.15) is 6.61 Å². The van der Waals surface area contributed by atoms with Crippen molar-refractivity contribution in [3.8, 4) is 0 Å². The minimum atomic E-state index is -0.152. The van der Waals surface area contributed by atoms with Crippen molar-refractivity contribution in [1.29, 1.82) is 0 Å². The maximum absolute atomic E-state index is 11.6. The van der Waals surface area contributed by atoms with Gasteiger partial charge in [-0.3, -0.25) is 4.79 Å². The first kappa shape index (κ1) is 15.4. The molecular weight excluding hydrogens is 234 g/mol. The Balaban J connectivity index is 1.97. The molecule has 0 radical (unpaired) electrons. The van der Waals surface area contributed by atoms with Gasteiger partial charge in [0.2, 0.25) is 0 Å². The van der Waals surface area contributed by atoms with Gasteiger partial charge in [-0.05, 0) is 31.2 Å². The molecule has 2 N–H and O–H groups in total. The van der Waals surface area contributed by atoms with Crippen LogP contribution in [-0.2, 0) is 19.0 Å². The first-order valence-electron chi connectivity index (χ1n) is 6.65. The van der Waals surface area contributed by atoms with Crippen LogP contribution in [0.1, 0.15) is 32.1 Å². The standard InChI is InChI=1S/C13H25NO4/c1-16-6-3-7-17-8-9-18-12(15)10-13(11-14)4-2-5-13/h2-11,14H2,1H3. The number of ether oxygens (including phenoxy) is 3. The summed E-state index contributed by atoms with van der Waals surface area (Å²) in [6, 6.07) is 0. The van der Waals surface area contributed by atoms with Gasteiger partial charge in [-0.25, -0.2) is 0 Å². The fraction of sp³-hybridized carbons (Fsp3) is 0.923. The lowest BCUT2D eigenvalue weighted by atomic mass is 9.67. The second kappa shape index (κ2) is 8.45. The van der Waals surface area contributed by atoms with Gasteiger partial charge in [-0.1, -0.05) is 6.42 Å². The van der Waals surface area contributed by atoms with E-state index in [1.54, 1.807) is 7.11 Å². The molecule has 1 saturated carbocycles. The third kappa shape index (κ3) is 5.33. The second-order valence-corrected chi connectivity index (χ2v) is 4.91.